The lowest BCUT2D eigenvalue weighted by molar-refractivity contribution is 0.143. The Balaban J connectivity index is 2.07. The fraction of sp³-hybridized carbons (Fsp3) is 1.00. The highest BCUT2D eigenvalue weighted by Crippen LogP contribution is 2.42. The van der Waals surface area contributed by atoms with E-state index in [-0.39, 0.29) is 0 Å². The smallest absolute Gasteiger partial charge is 0.0274 e. The van der Waals surface area contributed by atoms with Crippen LogP contribution in [0.5, 0.6) is 0 Å². The van der Waals surface area contributed by atoms with Gasteiger partial charge in [0.1, 0.15) is 0 Å². The van der Waals surface area contributed by atoms with Crippen molar-refractivity contribution in [3.8, 4) is 0 Å². The molecular weight excluding hydrogens is 196 g/mol. The van der Waals surface area contributed by atoms with Gasteiger partial charge in [0.2, 0.25) is 0 Å². The van der Waals surface area contributed by atoms with E-state index in [1.807, 2.05) is 0 Å². The van der Waals surface area contributed by atoms with Gasteiger partial charge in [-0.15, -0.1) is 0 Å². The minimum absolute atomic E-state index is 0.475. The molecule has 0 aliphatic heterocycles. The molecule has 1 N–H and O–H groups in total. The van der Waals surface area contributed by atoms with Crippen molar-refractivity contribution in [2.24, 2.45) is 5.41 Å². The lowest BCUT2D eigenvalue weighted by Gasteiger charge is -2.37. The van der Waals surface area contributed by atoms with Gasteiger partial charge in [0.15, 0.2) is 0 Å². The highest BCUT2D eigenvalue weighted by atomic mass is 15.2. The third-order valence-electron chi connectivity index (χ3n) is 4.54. The highest BCUT2D eigenvalue weighted by molar-refractivity contribution is 5.03. The van der Waals surface area contributed by atoms with Gasteiger partial charge in [0, 0.05) is 18.1 Å². The van der Waals surface area contributed by atoms with Crippen molar-refractivity contribution in [2.45, 2.75) is 71.5 Å². The third kappa shape index (κ3) is 2.28. The van der Waals surface area contributed by atoms with Crippen LogP contribution in [0.2, 0.25) is 0 Å². The molecule has 2 heteroatoms. The molecule has 2 fully saturated rings. The van der Waals surface area contributed by atoms with E-state index in [1.54, 1.807) is 0 Å². The standard InChI is InChI=1S/C14H28N2/c1-5-15-13-12(9-10-14(13,3)4)16(6-2)11-7-8-11/h11-13,15H,5-10H2,1-4H3. The Morgan fingerprint density at radius 3 is 2.38 bits per heavy atom. The van der Waals surface area contributed by atoms with Gasteiger partial charge in [-0.1, -0.05) is 27.7 Å². The van der Waals surface area contributed by atoms with E-state index < -0.39 is 0 Å². The van der Waals surface area contributed by atoms with Crippen LogP contribution >= 0.6 is 0 Å². The first-order valence-corrected chi connectivity index (χ1v) is 7.09. The molecule has 0 spiro atoms. The quantitative estimate of drug-likeness (QED) is 0.772. The number of nitrogens with one attached hydrogen (secondary N) is 1. The maximum atomic E-state index is 3.74. The molecule has 16 heavy (non-hydrogen) atoms. The largest absolute Gasteiger partial charge is 0.312 e. The van der Waals surface area contributed by atoms with Crippen molar-refractivity contribution < 1.29 is 0 Å². The van der Waals surface area contributed by atoms with Crippen LogP contribution in [0.15, 0.2) is 0 Å². The van der Waals surface area contributed by atoms with Gasteiger partial charge in [0.05, 0.1) is 0 Å². The maximum Gasteiger partial charge on any atom is 0.0274 e. The summed E-state index contributed by atoms with van der Waals surface area (Å²) in [6.07, 6.45) is 5.63. The van der Waals surface area contributed by atoms with Crippen LogP contribution in [0.3, 0.4) is 0 Å². The maximum absolute atomic E-state index is 3.74. The average Bonchev–Trinajstić information content (AvgIpc) is 3.01. The molecule has 94 valence electrons. The van der Waals surface area contributed by atoms with Crippen molar-refractivity contribution in [1.29, 1.82) is 0 Å². The monoisotopic (exact) mass is 224 g/mol. The molecule has 0 radical (unpaired) electrons. The van der Waals surface area contributed by atoms with E-state index >= 15 is 0 Å². The molecule has 0 aromatic carbocycles. The first-order chi connectivity index (χ1) is 7.60. The first-order valence-electron chi connectivity index (χ1n) is 7.09. The fourth-order valence-electron chi connectivity index (χ4n) is 3.52. The lowest BCUT2D eigenvalue weighted by Crippen LogP contribution is -2.52. The highest BCUT2D eigenvalue weighted by Gasteiger charge is 2.46. The van der Waals surface area contributed by atoms with Crippen molar-refractivity contribution in [3.05, 3.63) is 0 Å². The Morgan fingerprint density at radius 2 is 1.88 bits per heavy atom. The predicted octanol–water partition coefficient (Wildman–Crippen LogP) is 2.64. The SMILES string of the molecule is CCNC1C(N(CC)C2CC2)CCC1(C)C. The Hall–Kier alpha value is -0.0800. The second-order valence-corrected chi connectivity index (χ2v) is 6.19. The Morgan fingerprint density at radius 1 is 1.19 bits per heavy atom. The number of nitrogens with zero attached hydrogens (tertiary/aromatic N) is 1. The molecule has 2 atom stereocenters. The Labute approximate surface area is 101 Å². The summed E-state index contributed by atoms with van der Waals surface area (Å²) in [6.45, 7) is 11.8. The molecular formula is C14H28N2. The first kappa shape index (κ1) is 12.4. The molecule has 0 bridgehead atoms. The Bertz CT molecular complexity index is 233. The minimum Gasteiger partial charge on any atom is -0.312 e. The van der Waals surface area contributed by atoms with Crippen molar-refractivity contribution in [3.63, 3.8) is 0 Å². The van der Waals surface area contributed by atoms with Crippen LogP contribution < -0.4 is 5.32 Å². The van der Waals surface area contributed by atoms with E-state index in [0.29, 0.717) is 11.5 Å². The molecule has 0 aromatic heterocycles. The summed E-state index contributed by atoms with van der Waals surface area (Å²) in [5.41, 5.74) is 0.475. The normalized spacial score (nSPS) is 33.6. The van der Waals surface area contributed by atoms with Gasteiger partial charge in [-0.3, -0.25) is 4.90 Å². The average molecular weight is 224 g/mol. The molecule has 0 amide bonds. The zero-order valence-electron chi connectivity index (χ0n) is 11.4. The van der Waals surface area contributed by atoms with Crippen molar-refractivity contribution in [1.82, 2.24) is 10.2 Å². The van der Waals surface area contributed by atoms with Crippen LogP contribution in [0.1, 0.15) is 53.4 Å². The van der Waals surface area contributed by atoms with Gasteiger partial charge >= 0.3 is 0 Å². The van der Waals surface area contributed by atoms with Gasteiger partial charge in [-0.05, 0) is 44.2 Å². The van der Waals surface area contributed by atoms with E-state index in [9.17, 15) is 0 Å². The summed E-state index contributed by atoms with van der Waals surface area (Å²) < 4.78 is 0. The molecule has 0 saturated heterocycles. The molecule has 0 aromatic rings. The molecule has 0 heterocycles. The zero-order chi connectivity index (χ0) is 11.8. The molecule has 2 rings (SSSR count). The number of rotatable bonds is 5. The zero-order valence-corrected chi connectivity index (χ0v) is 11.4. The van der Waals surface area contributed by atoms with Crippen LogP contribution in [0.25, 0.3) is 0 Å². The van der Waals surface area contributed by atoms with Gasteiger partial charge in [-0.25, -0.2) is 0 Å². The van der Waals surface area contributed by atoms with Crippen LogP contribution in [0.4, 0.5) is 0 Å². The molecule has 2 aliphatic carbocycles. The second-order valence-electron chi connectivity index (χ2n) is 6.19. The summed E-state index contributed by atoms with van der Waals surface area (Å²) in [6, 6.07) is 2.38. The summed E-state index contributed by atoms with van der Waals surface area (Å²) in [5.74, 6) is 0. The second kappa shape index (κ2) is 4.66. The number of likely N-dealkylation sites (N-methyl/N-ethyl adjacent to an activating group) is 2. The van der Waals surface area contributed by atoms with Gasteiger partial charge < -0.3 is 5.32 Å². The number of hydrogen-bond acceptors (Lipinski definition) is 2. The van der Waals surface area contributed by atoms with Gasteiger partial charge in [0.25, 0.3) is 0 Å². The van der Waals surface area contributed by atoms with E-state index in [4.69, 9.17) is 0 Å². The number of hydrogen-bond donors (Lipinski definition) is 1. The van der Waals surface area contributed by atoms with Crippen molar-refractivity contribution in [2.75, 3.05) is 13.1 Å². The summed E-state index contributed by atoms with van der Waals surface area (Å²) in [7, 11) is 0. The molecule has 2 unspecified atom stereocenters. The lowest BCUT2D eigenvalue weighted by atomic mass is 9.86. The van der Waals surface area contributed by atoms with E-state index in [0.717, 1.165) is 18.6 Å². The van der Waals surface area contributed by atoms with Crippen LogP contribution in [0, 0.1) is 5.41 Å². The molecule has 2 aliphatic rings. The van der Waals surface area contributed by atoms with Crippen molar-refractivity contribution >= 4 is 0 Å². The summed E-state index contributed by atoms with van der Waals surface area (Å²) in [4.78, 5) is 2.77. The molecule has 2 nitrogen and oxygen atoms in total. The third-order valence-corrected chi connectivity index (χ3v) is 4.54. The van der Waals surface area contributed by atoms with Crippen LogP contribution in [-0.2, 0) is 0 Å². The summed E-state index contributed by atoms with van der Waals surface area (Å²) in [5, 5.41) is 3.74. The van der Waals surface area contributed by atoms with Crippen LogP contribution in [-0.4, -0.2) is 36.1 Å². The summed E-state index contributed by atoms with van der Waals surface area (Å²) >= 11 is 0. The van der Waals surface area contributed by atoms with E-state index in [2.05, 4.69) is 37.9 Å². The van der Waals surface area contributed by atoms with Gasteiger partial charge in [-0.2, -0.15) is 0 Å². The minimum atomic E-state index is 0.475. The predicted molar refractivity (Wildman–Crippen MR) is 69.7 cm³/mol. The topological polar surface area (TPSA) is 15.3 Å². The molecule has 2 saturated carbocycles. The van der Waals surface area contributed by atoms with E-state index in [1.165, 1.54) is 32.2 Å². The Kier molecular flexibility index (Phi) is 3.60. The fourth-order valence-corrected chi connectivity index (χ4v) is 3.52.